The molecule has 7 heteroatoms. The molecule has 5 nitrogen and oxygen atoms in total. The minimum Gasteiger partial charge on any atom is -0.376 e. The van der Waals surface area contributed by atoms with Crippen LogP contribution in [0.25, 0.3) is 0 Å². The Kier molecular flexibility index (Phi) is 5.17. The number of nitrogens with two attached hydrogens (primary N) is 1. The quantitative estimate of drug-likeness (QED) is 0.616. The molecular formula is C12H17F2N3O2. The van der Waals surface area contributed by atoms with Crippen molar-refractivity contribution in [3.63, 3.8) is 0 Å². The number of halogens is 2. The molecule has 0 fully saturated rings. The van der Waals surface area contributed by atoms with Crippen LogP contribution in [0.4, 0.5) is 20.2 Å². The molecule has 0 spiro atoms. The van der Waals surface area contributed by atoms with Crippen molar-refractivity contribution in [3.05, 3.63) is 33.9 Å². The molecule has 0 aromatic heterocycles. The van der Waals surface area contributed by atoms with Gasteiger partial charge in [0, 0.05) is 12.6 Å². The summed E-state index contributed by atoms with van der Waals surface area (Å²) in [7, 11) is 0. The van der Waals surface area contributed by atoms with E-state index in [9.17, 15) is 18.9 Å². The van der Waals surface area contributed by atoms with Crippen LogP contribution in [0.1, 0.15) is 20.3 Å². The molecule has 0 radical (unpaired) electrons. The molecule has 0 aliphatic carbocycles. The molecule has 3 N–H and O–H groups in total. The Morgan fingerprint density at radius 2 is 1.89 bits per heavy atom. The normalized spacial score (nSPS) is 12.5. The van der Waals surface area contributed by atoms with Gasteiger partial charge in [-0.15, -0.1) is 0 Å². The molecule has 1 aromatic rings. The van der Waals surface area contributed by atoms with Gasteiger partial charge >= 0.3 is 0 Å². The first-order chi connectivity index (χ1) is 8.85. The average molecular weight is 273 g/mol. The highest BCUT2D eigenvalue weighted by Gasteiger charge is 2.19. The van der Waals surface area contributed by atoms with Gasteiger partial charge in [0.15, 0.2) is 11.6 Å². The Labute approximate surface area is 109 Å². The molecule has 0 bridgehead atoms. The molecule has 1 aromatic carbocycles. The first kappa shape index (κ1) is 15.3. The Morgan fingerprint density at radius 3 is 2.26 bits per heavy atom. The highest BCUT2D eigenvalue weighted by molar-refractivity contribution is 5.52. The highest BCUT2D eigenvalue weighted by atomic mass is 19.1. The van der Waals surface area contributed by atoms with Gasteiger partial charge in [0.1, 0.15) is 5.69 Å². The number of nitro groups is 1. The predicted octanol–water partition coefficient (Wildman–Crippen LogP) is 2.66. The van der Waals surface area contributed by atoms with Crippen LogP contribution >= 0.6 is 0 Å². The zero-order valence-electron chi connectivity index (χ0n) is 10.8. The van der Waals surface area contributed by atoms with Crippen molar-refractivity contribution in [2.75, 3.05) is 11.9 Å². The first-order valence-corrected chi connectivity index (χ1v) is 5.95. The van der Waals surface area contributed by atoms with Crippen LogP contribution < -0.4 is 11.1 Å². The summed E-state index contributed by atoms with van der Waals surface area (Å²) in [5, 5.41) is 13.1. The van der Waals surface area contributed by atoms with E-state index in [0.29, 0.717) is 24.5 Å². The fourth-order valence-electron chi connectivity index (χ4n) is 1.79. The van der Waals surface area contributed by atoms with Gasteiger partial charge in [-0.25, -0.2) is 8.78 Å². The van der Waals surface area contributed by atoms with Crippen molar-refractivity contribution in [1.29, 1.82) is 0 Å². The maximum absolute atomic E-state index is 13.7. The maximum Gasteiger partial charge on any atom is 0.275 e. The number of hydrogen-bond acceptors (Lipinski definition) is 4. The van der Waals surface area contributed by atoms with Gasteiger partial charge in [0.25, 0.3) is 5.69 Å². The van der Waals surface area contributed by atoms with Crippen LogP contribution in [0.3, 0.4) is 0 Å². The molecule has 1 unspecified atom stereocenters. The molecule has 0 aliphatic heterocycles. The molecule has 19 heavy (non-hydrogen) atoms. The molecular weight excluding hydrogens is 256 g/mol. The molecule has 0 heterocycles. The molecule has 0 saturated carbocycles. The van der Waals surface area contributed by atoms with Crippen molar-refractivity contribution in [2.24, 2.45) is 11.7 Å². The van der Waals surface area contributed by atoms with E-state index < -0.39 is 22.2 Å². The summed E-state index contributed by atoms with van der Waals surface area (Å²) in [6.07, 6.45) is 0.645. The number of nitro benzene ring substituents is 1. The smallest absolute Gasteiger partial charge is 0.275 e. The lowest BCUT2D eigenvalue weighted by atomic mass is 10.0. The summed E-state index contributed by atoms with van der Waals surface area (Å²) in [6.45, 7) is 4.15. The molecule has 1 rings (SSSR count). The van der Waals surface area contributed by atoms with Gasteiger partial charge in [-0.1, -0.05) is 13.8 Å². The zero-order chi connectivity index (χ0) is 14.6. The molecule has 106 valence electrons. The molecule has 0 amide bonds. The first-order valence-electron chi connectivity index (χ1n) is 5.95. The maximum atomic E-state index is 13.7. The number of anilines is 1. The lowest BCUT2D eigenvalue weighted by Crippen LogP contribution is -2.31. The van der Waals surface area contributed by atoms with E-state index in [1.807, 2.05) is 13.8 Å². The number of hydrogen-bond donors (Lipinski definition) is 2. The summed E-state index contributed by atoms with van der Waals surface area (Å²) in [4.78, 5) is 9.63. The molecule has 1 atom stereocenters. The highest BCUT2D eigenvalue weighted by Crippen LogP contribution is 2.26. The van der Waals surface area contributed by atoms with Gasteiger partial charge in [0.2, 0.25) is 0 Å². The number of rotatable bonds is 6. The summed E-state index contributed by atoms with van der Waals surface area (Å²) >= 11 is 0. The lowest BCUT2D eigenvalue weighted by Gasteiger charge is -2.20. The second kappa shape index (κ2) is 6.42. The van der Waals surface area contributed by atoms with E-state index in [1.54, 1.807) is 0 Å². The molecule has 0 aliphatic rings. The second-order valence-corrected chi connectivity index (χ2v) is 4.75. The fraction of sp³-hybridized carbons (Fsp3) is 0.500. The van der Waals surface area contributed by atoms with E-state index in [1.165, 1.54) is 0 Å². The minimum absolute atomic E-state index is 0.216. The van der Waals surface area contributed by atoms with E-state index in [2.05, 4.69) is 5.32 Å². The van der Waals surface area contributed by atoms with Crippen LogP contribution in [0.5, 0.6) is 0 Å². The van der Waals surface area contributed by atoms with Crippen LogP contribution in [-0.4, -0.2) is 17.5 Å². The van der Waals surface area contributed by atoms with Gasteiger partial charge in [-0.05, 0) is 12.3 Å². The van der Waals surface area contributed by atoms with Crippen molar-refractivity contribution in [1.82, 2.24) is 0 Å². The van der Waals surface area contributed by atoms with Crippen molar-refractivity contribution >= 4 is 11.4 Å². The third-order valence-electron chi connectivity index (χ3n) is 2.63. The fourth-order valence-corrected chi connectivity index (χ4v) is 1.79. The summed E-state index contributed by atoms with van der Waals surface area (Å²) in [6, 6.07) is 1.09. The lowest BCUT2D eigenvalue weighted by molar-refractivity contribution is -0.385. The largest absolute Gasteiger partial charge is 0.376 e. The Hall–Kier alpha value is -1.76. The SMILES string of the molecule is CC(C)CC(CN)Nc1c(F)cc([N+](=O)[O-])cc1F. The van der Waals surface area contributed by atoms with Crippen LogP contribution in [0.15, 0.2) is 12.1 Å². The summed E-state index contributed by atoms with van der Waals surface area (Å²) in [5.74, 6) is -1.67. The topological polar surface area (TPSA) is 81.2 Å². The number of nitrogens with zero attached hydrogens (tertiary/aromatic N) is 1. The van der Waals surface area contributed by atoms with Crippen LogP contribution in [0, 0.1) is 27.7 Å². The standard InChI is InChI=1S/C12H17F2N3O2/c1-7(2)3-8(6-15)16-12-10(13)4-9(17(18)19)5-11(12)14/h4-5,7-8,16H,3,6,15H2,1-2H3. The average Bonchev–Trinajstić information content (AvgIpc) is 2.31. The van der Waals surface area contributed by atoms with Gasteiger partial charge < -0.3 is 11.1 Å². The summed E-state index contributed by atoms with van der Waals surface area (Å²) < 4.78 is 27.3. The third-order valence-corrected chi connectivity index (χ3v) is 2.63. The van der Waals surface area contributed by atoms with Gasteiger partial charge in [0.05, 0.1) is 17.1 Å². The van der Waals surface area contributed by atoms with Gasteiger partial charge in [-0.2, -0.15) is 0 Å². The van der Waals surface area contributed by atoms with Crippen molar-refractivity contribution < 1.29 is 13.7 Å². The predicted molar refractivity (Wildman–Crippen MR) is 68.9 cm³/mol. The Morgan fingerprint density at radius 1 is 1.37 bits per heavy atom. The van der Waals surface area contributed by atoms with E-state index in [0.717, 1.165) is 0 Å². The Balaban J connectivity index is 2.97. The monoisotopic (exact) mass is 273 g/mol. The molecule has 0 saturated heterocycles. The zero-order valence-corrected chi connectivity index (χ0v) is 10.8. The van der Waals surface area contributed by atoms with Crippen LogP contribution in [0.2, 0.25) is 0 Å². The van der Waals surface area contributed by atoms with E-state index in [-0.39, 0.29) is 18.3 Å². The van der Waals surface area contributed by atoms with E-state index >= 15 is 0 Å². The number of nitrogens with one attached hydrogen (secondary N) is 1. The second-order valence-electron chi connectivity index (χ2n) is 4.75. The Bertz CT molecular complexity index is 443. The van der Waals surface area contributed by atoms with Crippen molar-refractivity contribution in [3.8, 4) is 0 Å². The van der Waals surface area contributed by atoms with Crippen LogP contribution in [-0.2, 0) is 0 Å². The van der Waals surface area contributed by atoms with E-state index in [4.69, 9.17) is 5.73 Å². The minimum atomic E-state index is -0.992. The van der Waals surface area contributed by atoms with Crippen molar-refractivity contribution in [2.45, 2.75) is 26.3 Å². The third kappa shape index (κ3) is 4.13. The number of non-ortho nitro benzene ring substituents is 1. The van der Waals surface area contributed by atoms with Gasteiger partial charge in [-0.3, -0.25) is 10.1 Å². The summed E-state index contributed by atoms with van der Waals surface area (Å²) in [5.41, 5.74) is 4.54. The number of benzene rings is 1.